The standard InChI is InChI=1S/C53H34N2O/c1-3-17-36(18-4-1)54(39-30-32-42-41-21-7-10-26-48(41)55(49(42)34-39)37-19-5-2-6-20-37)38-29-31-40-43-22-13-15-35-16-14-25-46(52(35)43)53(47(40)33-38)44-23-8-11-27-50(44)56-51-28-12-9-24-45(51)53/h1-34H. The first-order valence-electron chi connectivity index (χ1n) is 19.3. The molecule has 0 saturated carbocycles. The lowest BCUT2D eigenvalue weighted by Crippen LogP contribution is -2.36. The summed E-state index contributed by atoms with van der Waals surface area (Å²) >= 11 is 0. The predicted molar refractivity (Wildman–Crippen MR) is 230 cm³/mol. The molecule has 10 aromatic rings. The molecule has 1 aliphatic heterocycles. The van der Waals surface area contributed by atoms with E-state index in [1.54, 1.807) is 0 Å². The number of aromatic nitrogens is 1. The lowest BCUT2D eigenvalue weighted by atomic mass is 9.58. The fourth-order valence-electron chi connectivity index (χ4n) is 9.79. The molecule has 12 rings (SSSR count). The number of anilines is 3. The van der Waals surface area contributed by atoms with Gasteiger partial charge in [0.15, 0.2) is 0 Å². The van der Waals surface area contributed by atoms with Crippen LogP contribution in [0.5, 0.6) is 11.5 Å². The van der Waals surface area contributed by atoms with Crippen LogP contribution in [-0.4, -0.2) is 4.57 Å². The van der Waals surface area contributed by atoms with Crippen LogP contribution in [0.2, 0.25) is 0 Å². The molecule has 56 heavy (non-hydrogen) atoms. The van der Waals surface area contributed by atoms with Crippen molar-refractivity contribution < 1.29 is 4.74 Å². The Bertz CT molecular complexity index is 3130. The zero-order valence-electron chi connectivity index (χ0n) is 30.4. The van der Waals surface area contributed by atoms with Crippen molar-refractivity contribution in [1.82, 2.24) is 4.57 Å². The van der Waals surface area contributed by atoms with E-state index >= 15 is 0 Å². The maximum atomic E-state index is 6.72. The second kappa shape index (κ2) is 11.8. The van der Waals surface area contributed by atoms with E-state index in [0.29, 0.717) is 0 Å². The van der Waals surface area contributed by atoms with Gasteiger partial charge in [-0.1, -0.05) is 140 Å². The third kappa shape index (κ3) is 4.22. The highest BCUT2D eigenvalue weighted by atomic mass is 16.5. The van der Waals surface area contributed by atoms with Gasteiger partial charge in [-0.05, 0) is 99.8 Å². The van der Waals surface area contributed by atoms with E-state index in [1.165, 1.54) is 49.3 Å². The monoisotopic (exact) mass is 714 g/mol. The molecular formula is C53H34N2O. The zero-order chi connectivity index (χ0) is 36.8. The molecule has 0 saturated heterocycles. The Morgan fingerprint density at radius 3 is 1.79 bits per heavy atom. The van der Waals surface area contributed by atoms with Crippen LogP contribution < -0.4 is 9.64 Å². The van der Waals surface area contributed by atoms with Crippen LogP contribution >= 0.6 is 0 Å². The van der Waals surface area contributed by atoms with Gasteiger partial charge in [0, 0.05) is 44.6 Å². The van der Waals surface area contributed by atoms with Crippen molar-refractivity contribution in [1.29, 1.82) is 0 Å². The highest BCUT2D eigenvalue weighted by molar-refractivity contribution is 6.11. The van der Waals surface area contributed by atoms with Gasteiger partial charge >= 0.3 is 0 Å². The van der Waals surface area contributed by atoms with Gasteiger partial charge in [-0.15, -0.1) is 0 Å². The minimum atomic E-state index is -0.628. The summed E-state index contributed by atoms with van der Waals surface area (Å²) in [5, 5.41) is 5.00. The summed E-state index contributed by atoms with van der Waals surface area (Å²) < 4.78 is 9.12. The number of nitrogens with zero attached hydrogens (tertiary/aromatic N) is 2. The van der Waals surface area contributed by atoms with Crippen molar-refractivity contribution in [2.75, 3.05) is 4.90 Å². The first kappa shape index (κ1) is 31.0. The summed E-state index contributed by atoms with van der Waals surface area (Å²) in [5.74, 6) is 1.77. The zero-order valence-corrected chi connectivity index (χ0v) is 30.4. The van der Waals surface area contributed by atoms with Crippen LogP contribution in [-0.2, 0) is 5.41 Å². The molecule has 0 unspecified atom stereocenters. The molecule has 2 heterocycles. The molecule has 3 nitrogen and oxygen atoms in total. The van der Waals surface area contributed by atoms with Gasteiger partial charge in [0.1, 0.15) is 11.5 Å². The SMILES string of the molecule is c1ccc(N(c2ccc3c(c2)C2(c4ccccc4Oc4ccccc42)c2cccc4cccc-3c24)c2ccc3c4ccccc4n(-c4ccccc4)c3c2)cc1. The largest absolute Gasteiger partial charge is 0.457 e. The van der Waals surface area contributed by atoms with E-state index in [2.05, 4.69) is 216 Å². The summed E-state index contributed by atoms with van der Waals surface area (Å²) in [5.41, 5.74) is 13.4. The average molecular weight is 715 g/mol. The molecule has 2 aliphatic rings. The summed E-state index contributed by atoms with van der Waals surface area (Å²) in [6, 6.07) is 75.0. The highest BCUT2D eigenvalue weighted by Gasteiger charge is 2.49. The maximum absolute atomic E-state index is 6.72. The van der Waals surface area contributed by atoms with E-state index in [1.807, 2.05) is 0 Å². The number of benzene rings is 9. The number of fused-ring (bicyclic) bond motifs is 11. The van der Waals surface area contributed by atoms with Crippen LogP contribution in [0, 0.1) is 0 Å². The summed E-state index contributed by atoms with van der Waals surface area (Å²) in [6.07, 6.45) is 0. The van der Waals surface area contributed by atoms with E-state index in [-0.39, 0.29) is 0 Å². The second-order valence-corrected chi connectivity index (χ2v) is 14.8. The second-order valence-electron chi connectivity index (χ2n) is 14.8. The normalized spacial score (nSPS) is 13.3. The van der Waals surface area contributed by atoms with Gasteiger partial charge in [0.05, 0.1) is 16.4 Å². The maximum Gasteiger partial charge on any atom is 0.132 e. The van der Waals surface area contributed by atoms with Gasteiger partial charge in [-0.2, -0.15) is 0 Å². The van der Waals surface area contributed by atoms with Crippen LogP contribution in [0.1, 0.15) is 22.3 Å². The molecule has 1 spiro atoms. The lowest BCUT2D eigenvalue weighted by Gasteiger charge is -2.45. The van der Waals surface area contributed by atoms with E-state index in [0.717, 1.165) is 50.9 Å². The Morgan fingerprint density at radius 1 is 0.393 bits per heavy atom. The van der Waals surface area contributed by atoms with Crippen LogP contribution in [0.25, 0.3) is 49.4 Å². The van der Waals surface area contributed by atoms with Gasteiger partial charge in [0.25, 0.3) is 0 Å². The van der Waals surface area contributed by atoms with Crippen molar-refractivity contribution in [2.45, 2.75) is 5.41 Å². The van der Waals surface area contributed by atoms with Crippen molar-refractivity contribution in [3.63, 3.8) is 0 Å². The Hall–Kier alpha value is -7.36. The molecule has 0 radical (unpaired) electrons. The predicted octanol–water partition coefficient (Wildman–Crippen LogP) is 13.9. The molecule has 1 aliphatic carbocycles. The number of hydrogen-bond donors (Lipinski definition) is 0. The number of rotatable bonds is 4. The first-order valence-corrected chi connectivity index (χ1v) is 19.3. The van der Waals surface area contributed by atoms with E-state index in [9.17, 15) is 0 Å². The van der Waals surface area contributed by atoms with Crippen LogP contribution in [0.15, 0.2) is 206 Å². The van der Waals surface area contributed by atoms with Crippen molar-refractivity contribution >= 4 is 49.6 Å². The molecule has 3 heteroatoms. The Balaban J connectivity index is 1.17. The Kier molecular flexibility index (Phi) is 6.55. The third-order valence-corrected chi connectivity index (χ3v) is 12.0. The summed E-state index contributed by atoms with van der Waals surface area (Å²) in [6.45, 7) is 0. The van der Waals surface area contributed by atoms with Crippen molar-refractivity contribution in [3.8, 4) is 28.3 Å². The number of para-hydroxylation sites is 5. The molecule has 0 atom stereocenters. The van der Waals surface area contributed by atoms with Crippen molar-refractivity contribution in [2.24, 2.45) is 0 Å². The van der Waals surface area contributed by atoms with Crippen molar-refractivity contribution in [3.05, 3.63) is 229 Å². The van der Waals surface area contributed by atoms with E-state index in [4.69, 9.17) is 4.74 Å². The minimum absolute atomic E-state index is 0.628. The fourth-order valence-corrected chi connectivity index (χ4v) is 9.79. The van der Waals surface area contributed by atoms with E-state index < -0.39 is 5.41 Å². The van der Waals surface area contributed by atoms with Crippen LogP contribution in [0.3, 0.4) is 0 Å². The molecule has 0 fully saturated rings. The average Bonchev–Trinajstić information content (AvgIpc) is 3.59. The molecule has 262 valence electrons. The Morgan fingerprint density at radius 2 is 1.00 bits per heavy atom. The highest BCUT2D eigenvalue weighted by Crippen LogP contribution is 2.61. The topological polar surface area (TPSA) is 17.4 Å². The Labute approximate surface area is 324 Å². The van der Waals surface area contributed by atoms with Gasteiger partial charge < -0.3 is 14.2 Å². The molecule has 0 amide bonds. The van der Waals surface area contributed by atoms with Gasteiger partial charge in [-0.3, -0.25) is 0 Å². The smallest absolute Gasteiger partial charge is 0.132 e. The molecular weight excluding hydrogens is 681 g/mol. The van der Waals surface area contributed by atoms with Gasteiger partial charge in [-0.25, -0.2) is 0 Å². The molecule has 0 bridgehead atoms. The quantitative estimate of drug-likeness (QED) is 0.181. The van der Waals surface area contributed by atoms with Gasteiger partial charge in [0.2, 0.25) is 0 Å². The van der Waals surface area contributed by atoms with Crippen LogP contribution in [0.4, 0.5) is 17.1 Å². The molecule has 0 N–H and O–H groups in total. The molecule has 1 aromatic heterocycles. The lowest BCUT2D eigenvalue weighted by molar-refractivity contribution is 0.435. The number of ether oxygens (including phenoxy) is 1. The first-order chi connectivity index (χ1) is 27.8. The molecule has 9 aromatic carbocycles. The summed E-state index contributed by atoms with van der Waals surface area (Å²) in [4.78, 5) is 2.42. The number of hydrogen-bond acceptors (Lipinski definition) is 2. The third-order valence-electron chi connectivity index (χ3n) is 12.0. The minimum Gasteiger partial charge on any atom is -0.457 e. The fraction of sp³-hybridized carbons (Fsp3) is 0.0189. The summed E-state index contributed by atoms with van der Waals surface area (Å²) in [7, 11) is 0.